The lowest BCUT2D eigenvalue weighted by atomic mass is 9.73. The zero-order valence-corrected chi connectivity index (χ0v) is 36.7. The Morgan fingerprint density at radius 2 is 1.27 bits per heavy atom. The average molecular weight is 814 g/mol. The molecule has 0 unspecified atom stereocenters. The van der Waals surface area contributed by atoms with E-state index in [0.717, 1.165) is 68.0 Å². The van der Waals surface area contributed by atoms with Crippen LogP contribution in [0, 0.1) is 0 Å². The van der Waals surface area contributed by atoms with E-state index >= 15 is 0 Å². The van der Waals surface area contributed by atoms with Crippen molar-refractivity contribution < 1.29 is 9.47 Å². The number of ether oxygens (including phenoxy) is 2. The van der Waals surface area contributed by atoms with Crippen molar-refractivity contribution in [3.8, 4) is 28.8 Å². The van der Waals surface area contributed by atoms with E-state index < -0.39 is 0 Å². The van der Waals surface area contributed by atoms with Gasteiger partial charge in [0.2, 0.25) is 0 Å². The fraction of sp³-hybridized carbons (Fsp3) is 0.218. The van der Waals surface area contributed by atoms with Gasteiger partial charge in [-0.05, 0) is 99.8 Å². The monoisotopic (exact) mass is 813 g/mol. The molecule has 3 aliphatic rings. The molecule has 0 spiro atoms. The van der Waals surface area contributed by atoms with Crippen LogP contribution in [-0.2, 0) is 16.2 Å². The van der Waals surface area contributed by atoms with E-state index in [0.29, 0.717) is 6.67 Å². The molecule has 308 valence electrons. The van der Waals surface area contributed by atoms with Gasteiger partial charge in [-0.25, -0.2) is 4.98 Å². The van der Waals surface area contributed by atoms with Crippen molar-refractivity contribution >= 4 is 50.2 Å². The third-order valence-electron chi connectivity index (χ3n) is 13.0. The lowest BCUT2D eigenvalue weighted by Gasteiger charge is -2.45. The number of hydrogen-bond donors (Lipinski definition) is 0. The Morgan fingerprint density at radius 1 is 0.581 bits per heavy atom. The van der Waals surface area contributed by atoms with Crippen LogP contribution < -0.4 is 24.2 Å². The maximum absolute atomic E-state index is 6.87. The fourth-order valence-electron chi connectivity index (χ4n) is 9.50. The molecule has 8 aromatic rings. The first-order valence-electron chi connectivity index (χ1n) is 21.6. The van der Waals surface area contributed by atoms with Crippen molar-refractivity contribution in [1.29, 1.82) is 0 Å². The Labute approximate surface area is 364 Å². The van der Waals surface area contributed by atoms with Crippen molar-refractivity contribution in [2.24, 2.45) is 0 Å². The van der Waals surface area contributed by atoms with E-state index in [1.165, 1.54) is 33.3 Å². The van der Waals surface area contributed by atoms with E-state index in [4.69, 9.17) is 14.5 Å². The number of pyridine rings is 1. The maximum Gasteiger partial charge on any atom is 0.153 e. The topological polar surface area (TPSA) is 46.0 Å². The normalized spacial score (nSPS) is 15.1. The summed E-state index contributed by atoms with van der Waals surface area (Å²) < 4.78 is 15.9. The lowest BCUT2D eigenvalue weighted by molar-refractivity contribution is 0.471. The molecule has 7 nitrogen and oxygen atoms in total. The minimum atomic E-state index is -0.246. The first kappa shape index (κ1) is 38.0. The average Bonchev–Trinajstić information content (AvgIpc) is 3.88. The van der Waals surface area contributed by atoms with Gasteiger partial charge < -0.3 is 24.2 Å². The second-order valence-corrected chi connectivity index (χ2v) is 19.5. The van der Waals surface area contributed by atoms with Crippen LogP contribution in [0.25, 0.3) is 27.6 Å². The highest BCUT2D eigenvalue weighted by Gasteiger charge is 2.42. The van der Waals surface area contributed by atoms with Crippen LogP contribution in [-0.4, -0.2) is 16.2 Å². The van der Waals surface area contributed by atoms with E-state index in [9.17, 15) is 0 Å². The minimum Gasteiger partial charge on any atom is -0.457 e. The molecule has 0 saturated heterocycles. The number of fused-ring (bicyclic) bond motifs is 7. The molecule has 2 aromatic heterocycles. The maximum atomic E-state index is 6.87. The van der Waals surface area contributed by atoms with Gasteiger partial charge in [-0.2, -0.15) is 0 Å². The Balaban J connectivity index is 0.945. The molecule has 0 fully saturated rings. The number of benzene rings is 6. The molecular weight excluding hydrogens is 763 g/mol. The van der Waals surface area contributed by atoms with Crippen molar-refractivity contribution in [3.63, 3.8) is 0 Å². The first-order valence-corrected chi connectivity index (χ1v) is 21.6. The molecule has 0 atom stereocenters. The van der Waals surface area contributed by atoms with Crippen LogP contribution in [0.4, 0.5) is 28.4 Å². The number of rotatable bonds is 5. The number of anilines is 5. The highest BCUT2D eigenvalue weighted by atomic mass is 16.5. The van der Waals surface area contributed by atoms with Gasteiger partial charge in [0.1, 0.15) is 17.3 Å². The van der Waals surface area contributed by atoms with Crippen LogP contribution in [0.5, 0.6) is 23.0 Å². The summed E-state index contributed by atoms with van der Waals surface area (Å²) in [6, 6.07) is 47.6. The standard InChI is InChI=1S/C55H51N5O2/c1-53(2,3)35-23-24-56-51(29-35)59-45-17-11-9-15-41(45)42-22-21-39(33-48(42)59)61-40-28-36(54(4,5)6)27-37(30-40)57-25-26-58(34-57)38-31-44-52-50(32-38)62-49-20-14-13-19-47(49)60(52)46-18-12-10-16-43(46)55(44,7)8/h9-33H,34H2,1-8H3. The van der Waals surface area contributed by atoms with Gasteiger partial charge in [-0.15, -0.1) is 0 Å². The van der Waals surface area contributed by atoms with Crippen molar-refractivity contribution in [2.45, 2.75) is 71.6 Å². The molecule has 0 aliphatic carbocycles. The zero-order chi connectivity index (χ0) is 42.7. The van der Waals surface area contributed by atoms with Crippen LogP contribution in [0.1, 0.15) is 77.6 Å². The van der Waals surface area contributed by atoms with Crippen molar-refractivity contribution in [2.75, 3.05) is 21.4 Å². The van der Waals surface area contributed by atoms with E-state index in [2.05, 4.69) is 214 Å². The predicted molar refractivity (Wildman–Crippen MR) is 255 cm³/mol. The second-order valence-electron chi connectivity index (χ2n) is 19.5. The van der Waals surface area contributed by atoms with Gasteiger partial charge in [0.05, 0.1) is 34.8 Å². The smallest absolute Gasteiger partial charge is 0.153 e. The van der Waals surface area contributed by atoms with Gasteiger partial charge in [0.25, 0.3) is 0 Å². The summed E-state index contributed by atoms with van der Waals surface area (Å²) in [5.41, 5.74) is 12.3. The largest absolute Gasteiger partial charge is 0.457 e. The first-order chi connectivity index (χ1) is 29.7. The van der Waals surface area contributed by atoms with Gasteiger partial charge in [0.15, 0.2) is 11.5 Å². The molecule has 5 heterocycles. The Hall–Kier alpha value is -6.99. The van der Waals surface area contributed by atoms with Crippen molar-refractivity contribution in [3.05, 3.63) is 174 Å². The summed E-state index contributed by atoms with van der Waals surface area (Å²) in [4.78, 5) is 11.9. The van der Waals surface area contributed by atoms with E-state index in [-0.39, 0.29) is 16.2 Å². The number of nitrogens with zero attached hydrogens (tertiary/aromatic N) is 5. The van der Waals surface area contributed by atoms with Gasteiger partial charge in [-0.3, -0.25) is 4.57 Å². The number of para-hydroxylation sites is 4. The third-order valence-corrected chi connectivity index (χ3v) is 13.0. The van der Waals surface area contributed by atoms with Gasteiger partial charge in [0, 0.05) is 64.4 Å². The summed E-state index contributed by atoms with van der Waals surface area (Å²) in [6.45, 7) is 18.8. The fourth-order valence-corrected chi connectivity index (χ4v) is 9.50. The quantitative estimate of drug-likeness (QED) is 0.172. The molecule has 3 aliphatic heterocycles. The van der Waals surface area contributed by atoms with Crippen LogP contribution in [0.2, 0.25) is 0 Å². The predicted octanol–water partition coefficient (Wildman–Crippen LogP) is 14.5. The Kier molecular flexibility index (Phi) is 8.27. The molecule has 11 rings (SSSR count). The van der Waals surface area contributed by atoms with Crippen LogP contribution >= 0.6 is 0 Å². The highest BCUT2D eigenvalue weighted by Crippen LogP contribution is 2.60. The Bertz CT molecular complexity index is 3140. The van der Waals surface area contributed by atoms with Gasteiger partial charge >= 0.3 is 0 Å². The molecule has 6 aromatic carbocycles. The molecular formula is C55H51N5O2. The van der Waals surface area contributed by atoms with Crippen LogP contribution in [0.3, 0.4) is 0 Å². The lowest BCUT2D eigenvalue weighted by Crippen LogP contribution is -2.33. The molecule has 0 saturated carbocycles. The minimum absolute atomic E-state index is 0.00826. The summed E-state index contributed by atoms with van der Waals surface area (Å²) in [5.74, 6) is 4.18. The third kappa shape index (κ3) is 6.05. The molecule has 0 bridgehead atoms. The van der Waals surface area contributed by atoms with Crippen LogP contribution in [0.15, 0.2) is 152 Å². The SMILES string of the molecule is CC(C)(C)c1cc(Oc2ccc3c4ccccc4n(-c4cc(C(C)(C)C)ccn4)c3c2)cc(N2C=CN(c3cc4c5c(c3)C(C)(C)c3ccccc3N5c3ccccc3O4)C2)c1. The second kappa shape index (κ2) is 13.5. The summed E-state index contributed by atoms with van der Waals surface area (Å²) in [7, 11) is 0. The summed E-state index contributed by atoms with van der Waals surface area (Å²) in [5, 5.41) is 2.35. The van der Waals surface area contributed by atoms with E-state index in [1.54, 1.807) is 0 Å². The summed E-state index contributed by atoms with van der Waals surface area (Å²) in [6.07, 6.45) is 6.27. The molecule has 0 amide bonds. The number of hydrogen-bond acceptors (Lipinski definition) is 6. The molecule has 7 heteroatoms. The zero-order valence-electron chi connectivity index (χ0n) is 36.7. The van der Waals surface area contributed by atoms with Crippen molar-refractivity contribution in [1.82, 2.24) is 9.55 Å². The Morgan fingerprint density at radius 3 is 2.06 bits per heavy atom. The number of aromatic nitrogens is 2. The summed E-state index contributed by atoms with van der Waals surface area (Å²) >= 11 is 0. The molecule has 0 N–H and O–H groups in total. The molecule has 62 heavy (non-hydrogen) atoms. The van der Waals surface area contributed by atoms with Gasteiger partial charge in [-0.1, -0.05) is 104 Å². The molecule has 0 radical (unpaired) electrons. The van der Waals surface area contributed by atoms with E-state index in [1.807, 2.05) is 12.3 Å². The highest BCUT2D eigenvalue weighted by molar-refractivity contribution is 6.09.